The van der Waals surface area contributed by atoms with E-state index in [4.69, 9.17) is 0 Å². The minimum atomic E-state index is -3.33. The van der Waals surface area contributed by atoms with Crippen molar-refractivity contribution in [2.75, 3.05) is 57.5 Å². The molecule has 2 aromatic rings. The van der Waals surface area contributed by atoms with Gasteiger partial charge in [-0.15, -0.1) is 0 Å². The molecule has 0 amide bonds. The Kier molecular flexibility index (Phi) is 7.64. The van der Waals surface area contributed by atoms with Crippen molar-refractivity contribution in [3.8, 4) is 0 Å². The Morgan fingerprint density at radius 2 is 1.80 bits per heavy atom. The lowest BCUT2D eigenvalue weighted by Crippen LogP contribution is -2.50. The van der Waals surface area contributed by atoms with Gasteiger partial charge in [0.05, 0.1) is 5.75 Å². The highest BCUT2D eigenvalue weighted by atomic mass is 32.2. The molecule has 1 fully saturated rings. The summed E-state index contributed by atoms with van der Waals surface area (Å²) in [6, 6.07) is 15.9. The van der Waals surface area contributed by atoms with Gasteiger partial charge in [-0.3, -0.25) is 4.99 Å². The standard InChI is InChI=1S/C21H30N6O2S/c1-22-21(25(2)18-19-8-4-3-5-9-19)24-12-17-30(28,29)27-15-13-26(14-16-27)20-10-6-7-11-23-20/h3-11H,12-18H2,1-2H3,(H,22,24). The molecule has 0 radical (unpaired) electrons. The molecule has 1 aliphatic heterocycles. The normalized spacial score (nSPS) is 15.8. The van der Waals surface area contributed by atoms with Crippen molar-refractivity contribution in [3.05, 3.63) is 60.3 Å². The topological polar surface area (TPSA) is 81.1 Å². The van der Waals surface area contributed by atoms with E-state index in [1.807, 2.05) is 48.3 Å². The summed E-state index contributed by atoms with van der Waals surface area (Å²) in [6.45, 7) is 3.25. The fourth-order valence-corrected chi connectivity index (χ4v) is 4.81. The van der Waals surface area contributed by atoms with E-state index in [-0.39, 0.29) is 5.75 Å². The van der Waals surface area contributed by atoms with Crippen LogP contribution >= 0.6 is 0 Å². The third-order valence-corrected chi connectivity index (χ3v) is 6.96. The minimum absolute atomic E-state index is 0.0365. The number of nitrogens with zero attached hydrogens (tertiary/aromatic N) is 5. The van der Waals surface area contributed by atoms with Crippen LogP contribution in [-0.4, -0.2) is 81.1 Å². The van der Waals surface area contributed by atoms with Gasteiger partial charge >= 0.3 is 0 Å². The number of pyridine rings is 1. The van der Waals surface area contributed by atoms with Crippen LogP contribution in [0, 0.1) is 0 Å². The van der Waals surface area contributed by atoms with Crippen molar-refractivity contribution in [1.29, 1.82) is 0 Å². The zero-order valence-electron chi connectivity index (χ0n) is 17.6. The van der Waals surface area contributed by atoms with Crippen LogP contribution in [0.3, 0.4) is 0 Å². The second kappa shape index (κ2) is 10.4. The number of sulfonamides is 1. The van der Waals surface area contributed by atoms with E-state index in [9.17, 15) is 8.42 Å². The average molecular weight is 431 g/mol. The van der Waals surface area contributed by atoms with Gasteiger partial charge in [0.1, 0.15) is 5.82 Å². The van der Waals surface area contributed by atoms with Crippen LogP contribution in [0.15, 0.2) is 59.7 Å². The molecule has 1 aromatic carbocycles. The number of hydrogen-bond donors (Lipinski definition) is 1. The van der Waals surface area contributed by atoms with E-state index in [0.29, 0.717) is 45.2 Å². The second-order valence-corrected chi connectivity index (χ2v) is 9.29. The lowest BCUT2D eigenvalue weighted by atomic mass is 10.2. The van der Waals surface area contributed by atoms with E-state index in [0.717, 1.165) is 5.82 Å². The summed E-state index contributed by atoms with van der Waals surface area (Å²) in [7, 11) is 0.315. The first-order valence-corrected chi connectivity index (χ1v) is 11.7. The number of anilines is 1. The van der Waals surface area contributed by atoms with Gasteiger partial charge in [0.25, 0.3) is 0 Å². The molecule has 1 aliphatic rings. The van der Waals surface area contributed by atoms with E-state index in [2.05, 4.69) is 32.3 Å². The highest BCUT2D eigenvalue weighted by Crippen LogP contribution is 2.14. The molecule has 2 heterocycles. The van der Waals surface area contributed by atoms with Crippen molar-refractivity contribution in [3.63, 3.8) is 0 Å². The van der Waals surface area contributed by atoms with E-state index in [1.54, 1.807) is 17.5 Å². The summed E-state index contributed by atoms with van der Waals surface area (Å²) in [4.78, 5) is 12.7. The lowest BCUT2D eigenvalue weighted by molar-refractivity contribution is 0.383. The van der Waals surface area contributed by atoms with Crippen molar-refractivity contribution in [2.24, 2.45) is 4.99 Å². The Balaban J connectivity index is 1.46. The third-order valence-electron chi connectivity index (χ3n) is 5.08. The fraction of sp³-hybridized carbons (Fsp3) is 0.429. The summed E-state index contributed by atoms with van der Waals surface area (Å²) in [6.07, 6.45) is 1.76. The van der Waals surface area contributed by atoms with Gasteiger partial charge in [0, 0.05) is 59.6 Å². The maximum atomic E-state index is 12.8. The van der Waals surface area contributed by atoms with Crippen molar-refractivity contribution in [2.45, 2.75) is 6.54 Å². The summed E-state index contributed by atoms with van der Waals surface area (Å²) in [5, 5.41) is 3.17. The molecule has 1 saturated heterocycles. The maximum Gasteiger partial charge on any atom is 0.215 e. The van der Waals surface area contributed by atoms with Crippen molar-refractivity contribution < 1.29 is 8.42 Å². The molecular weight excluding hydrogens is 400 g/mol. The van der Waals surface area contributed by atoms with Crippen LogP contribution in [0.2, 0.25) is 0 Å². The Hall–Kier alpha value is -2.65. The molecule has 162 valence electrons. The average Bonchev–Trinajstić information content (AvgIpc) is 2.78. The molecule has 3 rings (SSSR count). The summed E-state index contributed by atoms with van der Waals surface area (Å²) >= 11 is 0. The van der Waals surface area contributed by atoms with Crippen molar-refractivity contribution in [1.82, 2.24) is 19.5 Å². The number of nitrogens with one attached hydrogen (secondary N) is 1. The van der Waals surface area contributed by atoms with Gasteiger partial charge in [-0.1, -0.05) is 36.4 Å². The molecule has 30 heavy (non-hydrogen) atoms. The second-order valence-electron chi connectivity index (χ2n) is 7.21. The lowest BCUT2D eigenvalue weighted by Gasteiger charge is -2.34. The van der Waals surface area contributed by atoms with Gasteiger partial charge in [-0.25, -0.2) is 13.4 Å². The van der Waals surface area contributed by atoms with Crippen LogP contribution < -0.4 is 10.2 Å². The number of aliphatic imine (C=N–C) groups is 1. The van der Waals surface area contributed by atoms with Gasteiger partial charge in [0.15, 0.2) is 5.96 Å². The molecule has 0 unspecified atom stereocenters. The smallest absolute Gasteiger partial charge is 0.215 e. The van der Waals surface area contributed by atoms with Crippen LogP contribution in [0.25, 0.3) is 0 Å². The molecule has 0 aliphatic carbocycles. The number of guanidine groups is 1. The predicted molar refractivity (Wildman–Crippen MR) is 121 cm³/mol. The van der Waals surface area contributed by atoms with Gasteiger partial charge < -0.3 is 15.1 Å². The summed E-state index contributed by atoms with van der Waals surface area (Å²) in [5.41, 5.74) is 1.17. The molecule has 0 atom stereocenters. The number of rotatable bonds is 7. The largest absolute Gasteiger partial charge is 0.355 e. The van der Waals surface area contributed by atoms with Crippen LogP contribution in [-0.2, 0) is 16.6 Å². The molecule has 8 nitrogen and oxygen atoms in total. The highest BCUT2D eigenvalue weighted by molar-refractivity contribution is 7.89. The van der Waals surface area contributed by atoms with Gasteiger partial charge in [0.2, 0.25) is 10.0 Å². The number of aromatic nitrogens is 1. The fourth-order valence-electron chi connectivity index (χ4n) is 3.47. The van der Waals surface area contributed by atoms with E-state index < -0.39 is 10.0 Å². The third kappa shape index (κ3) is 5.93. The molecule has 9 heteroatoms. The first kappa shape index (κ1) is 22.0. The Labute approximate surface area is 179 Å². The zero-order valence-corrected chi connectivity index (χ0v) is 18.4. The van der Waals surface area contributed by atoms with Gasteiger partial charge in [-0.2, -0.15) is 4.31 Å². The molecule has 0 spiro atoms. The first-order chi connectivity index (χ1) is 14.5. The van der Waals surface area contributed by atoms with Crippen LogP contribution in [0.1, 0.15) is 5.56 Å². The Morgan fingerprint density at radius 1 is 1.10 bits per heavy atom. The summed E-state index contributed by atoms with van der Waals surface area (Å²) in [5.74, 6) is 1.60. The van der Waals surface area contributed by atoms with Crippen LogP contribution in [0.5, 0.6) is 0 Å². The number of piperazine rings is 1. The molecule has 0 saturated carbocycles. The molecule has 0 bridgehead atoms. The molecular formula is C21H30N6O2S. The molecule has 1 N–H and O–H groups in total. The summed E-state index contributed by atoms with van der Waals surface area (Å²) < 4.78 is 27.1. The Morgan fingerprint density at radius 3 is 2.43 bits per heavy atom. The van der Waals surface area contributed by atoms with Crippen LogP contribution in [0.4, 0.5) is 5.82 Å². The minimum Gasteiger partial charge on any atom is -0.355 e. The maximum absolute atomic E-state index is 12.8. The number of benzene rings is 1. The predicted octanol–water partition coefficient (Wildman–Crippen LogP) is 1.24. The first-order valence-electron chi connectivity index (χ1n) is 10.1. The monoisotopic (exact) mass is 430 g/mol. The van der Waals surface area contributed by atoms with E-state index in [1.165, 1.54) is 5.56 Å². The quantitative estimate of drug-likeness (QED) is 0.526. The van der Waals surface area contributed by atoms with Gasteiger partial charge in [-0.05, 0) is 17.7 Å². The SMILES string of the molecule is CN=C(NCCS(=O)(=O)N1CCN(c2ccccn2)CC1)N(C)Cc1ccccc1. The number of hydrogen-bond acceptors (Lipinski definition) is 5. The zero-order chi connectivity index (χ0) is 21.4. The van der Waals surface area contributed by atoms with E-state index >= 15 is 0 Å². The molecule has 1 aromatic heterocycles. The highest BCUT2D eigenvalue weighted by Gasteiger charge is 2.27. The Bertz CT molecular complexity index is 913. The van der Waals surface area contributed by atoms with Crippen molar-refractivity contribution >= 4 is 21.8 Å².